The Morgan fingerprint density at radius 3 is 0.564 bits per heavy atom. The average molecular weight is 1610 g/mol. The van der Waals surface area contributed by atoms with E-state index >= 15 is 0 Å². The molecule has 0 radical (unpaired) electrons. The predicted octanol–water partition coefficient (Wildman–Crippen LogP) is 14.8. The van der Waals surface area contributed by atoms with Crippen molar-refractivity contribution in [3.05, 3.63) is 386 Å². The molecule has 16 aromatic carbocycles. The molecule has 456 valence electrons. The standard InChI is InChI=1S/4C16H13.2C12H10Si.2ClH.2Hf/c4*1-12-10-14-8-5-9-15(16(14)11-12)13-6-3-2-4-7-13;2*1-3-7-11(8-4-1)13-12-9-5-2-6-10-12;;;;/h4*2-11H,1H3;2*1-10H;2*1H;;/q4*-1;;;;;2*+2/p-2. The Hall–Kier alpha value is -8.17. The van der Waals surface area contributed by atoms with Crippen LogP contribution in [0.4, 0.5) is 0 Å². The van der Waals surface area contributed by atoms with Gasteiger partial charge < -0.3 is 24.8 Å². The van der Waals surface area contributed by atoms with Gasteiger partial charge in [-0.1, -0.05) is 196 Å². The van der Waals surface area contributed by atoms with Crippen molar-refractivity contribution in [2.75, 3.05) is 0 Å². The molecule has 0 aromatic heterocycles. The summed E-state index contributed by atoms with van der Waals surface area (Å²) in [5, 5.41) is 16.9. The van der Waals surface area contributed by atoms with Gasteiger partial charge in [0.15, 0.2) is 0 Å². The van der Waals surface area contributed by atoms with E-state index in [2.05, 4.69) is 392 Å². The molecule has 0 aliphatic rings. The topological polar surface area (TPSA) is 0 Å². The zero-order chi connectivity index (χ0) is 63.4. The molecule has 0 atom stereocenters. The van der Waals surface area contributed by atoms with Crippen LogP contribution in [0.2, 0.25) is 0 Å². The first-order chi connectivity index (χ1) is 45.1. The van der Waals surface area contributed by atoms with E-state index in [0.717, 1.165) is 0 Å². The number of rotatable bonds is 8. The third kappa shape index (κ3) is 18.6. The third-order valence-electron chi connectivity index (χ3n) is 16.2. The van der Waals surface area contributed by atoms with E-state index in [0.29, 0.717) is 0 Å². The Morgan fingerprint density at radius 2 is 0.383 bits per heavy atom. The Labute approximate surface area is 598 Å². The summed E-state index contributed by atoms with van der Waals surface area (Å²) in [6.45, 7) is 8.59. The van der Waals surface area contributed by atoms with Gasteiger partial charge in [-0.05, 0) is 22.3 Å². The normalized spacial score (nSPS) is 10.3. The second-order valence-corrected chi connectivity index (χ2v) is 37.6. The number of benzene rings is 12. The molecule has 0 saturated carbocycles. The molecule has 6 heteroatoms. The zero-order valence-electron chi connectivity index (χ0n) is 53.4. The molecule has 16 aromatic rings. The summed E-state index contributed by atoms with van der Waals surface area (Å²) >= 11 is 2.53. The molecule has 0 fully saturated rings. The van der Waals surface area contributed by atoms with Gasteiger partial charge in [-0.3, -0.25) is 0 Å². The van der Waals surface area contributed by atoms with Crippen molar-refractivity contribution in [1.82, 2.24) is 0 Å². The fraction of sp³-hybridized carbons (Fsp3) is 0.0455. The van der Waals surface area contributed by atoms with Gasteiger partial charge in [0, 0.05) is 0 Å². The molecule has 0 aliphatic heterocycles. The SMILES string of the molecule is Cc1cc2c(-c3ccccc3)cccc2[cH-]1.Cc1cc2c(-c3ccccc3)cccc2[cH-]1.Cc1cc2c(-c3ccccc3)cccc2[cH-]1.Cc1cc2c(-c3ccccc3)cccc2[cH-]1.[Cl-].[Cl-].[Hf+2]=[Si](c1ccccc1)c1ccccc1.[Hf+2]=[Si](c1ccccc1)c1ccccc1. The van der Waals surface area contributed by atoms with Gasteiger partial charge in [0.2, 0.25) is 0 Å². The van der Waals surface area contributed by atoms with E-state index in [9.17, 15) is 0 Å². The van der Waals surface area contributed by atoms with Crippen molar-refractivity contribution in [3.8, 4) is 44.5 Å². The maximum atomic E-state index is 2.26. The van der Waals surface area contributed by atoms with Gasteiger partial charge in [0.1, 0.15) is 0 Å². The van der Waals surface area contributed by atoms with Crippen LogP contribution in [0.3, 0.4) is 0 Å². The van der Waals surface area contributed by atoms with Crippen LogP contribution in [0.15, 0.2) is 364 Å². The summed E-state index contributed by atoms with van der Waals surface area (Å²) in [5.74, 6) is 0. The molecular weight excluding hydrogens is 1540 g/mol. The average Bonchev–Trinajstić information content (AvgIpc) is 1.67. The summed E-state index contributed by atoms with van der Waals surface area (Å²) in [4.78, 5) is 0. The van der Waals surface area contributed by atoms with Gasteiger partial charge in [-0.25, -0.2) is 0 Å². The van der Waals surface area contributed by atoms with Crippen molar-refractivity contribution < 1.29 is 70.8 Å². The summed E-state index contributed by atoms with van der Waals surface area (Å²) in [7, 11) is 0. The van der Waals surface area contributed by atoms with Crippen LogP contribution in [0.5, 0.6) is 0 Å². The second-order valence-electron chi connectivity index (χ2n) is 23.0. The van der Waals surface area contributed by atoms with Crippen LogP contribution in [0, 0.1) is 27.7 Å². The number of hydrogen-bond donors (Lipinski definition) is 0. The Kier molecular flexibility index (Phi) is 26.4. The van der Waals surface area contributed by atoms with Crippen LogP contribution in [0.25, 0.3) is 87.6 Å². The maximum absolute atomic E-state index is 2.26. The molecule has 0 N–H and O–H groups in total. The molecule has 0 unspecified atom stereocenters. The molecular formula is C88H72Cl2Hf2Si2-2. The van der Waals surface area contributed by atoms with Gasteiger partial charge in [-0.15, -0.1) is 138 Å². The van der Waals surface area contributed by atoms with Crippen LogP contribution < -0.4 is 45.6 Å². The Balaban J connectivity index is 0.000000132. The van der Waals surface area contributed by atoms with Crippen LogP contribution >= 0.6 is 0 Å². The summed E-state index contributed by atoms with van der Waals surface area (Å²) < 4.78 is 0. The minimum absolute atomic E-state index is 0. The van der Waals surface area contributed by atoms with E-state index in [1.807, 2.05) is 0 Å². The molecule has 0 nitrogen and oxygen atoms in total. The first kappa shape index (κ1) is 70.2. The number of aryl methyl sites for hydroxylation is 4. The van der Waals surface area contributed by atoms with Crippen molar-refractivity contribution in [1.29, 1.82) is 0 Å². The van der Waals surface area contributed by atoms with E-state index in [4.69, 9.17) is 0 Å². The fourth-order valence-electron chi connectivity index (χ4n) is 11.8. The van der Waals surface area contributed by atoms with Crippen LogP contribution in [-0.2, 0) is 46.0 Å². The Morgan fingerprint density at radius 1 is 0.213 bits per heavy atom. The molecule has 16 rings (SSSR count). The molecule has 94 heavy (non-hydrogen) atoms. The van der Waals surface area contributed by atoms with Crippen molar-refractivity contribution in [3.63, 3.8) is 0 Å². The molecule has 0 amide bonds. The van der Waals surface area contributed by atoms with Crippen molar-refractivity contribution >= 4 is 74.8 Å². The summed E-state index contributed by atoms with van der Waals surface area (Å²) in [6, 6.07) is 130. The van der Waals surface area contributed by atoms with Gasteiger partial charge in [0.25, 0.3) is 0 Å². The number of halogens is 2. The van der Waals surface area contributed by atoms with Crippen molar-refractivity contribution in [2.45, 2.75) is 27.7 Å². The summed E-state index contributed by atoms with van der Waals surface area (Å²) in [5.41, 5.74) is 15.0. The van der Waals surface area contributed by atoms with Gasteiger partial charge in [-0.2, -0.15) is 24.3 Å². The van der Waals surface area contributed by atoms with E-state index < -0.39 is 11.0 Å². The van der Waals surface area contributed by atoms with E-state index in [1.54, 1.807) is 0 Å². The van der Waals surface area contributed by atoms with E-state index in [-0.39, 0.29) is 24.8 Å². The minimum atomic E-state index is -0.406. The third-order valence-corrected chi connectivity index (χ3v) is 32.3. The van der Waals surface area contributed by atoms with Crippen molar-refractivity contribution in [2.24, 2.45) is 0 Å². The molecule has 0 bridgehead atoms. The van der Waals surface area contributed by atoms with Crippen LogP contribution in [0.1, 0.15) is 22.3 Å². The molecule has 0 heterocycles. The van der Waals surface area contributed by atoms with E-state index in [1.165, 1.54) is 177 Å². The predicted molar refractivity (Wildman–Crippen MR) is 395 cm³/mol. The summed E-state index contributed by atoms with van der Waals surface area (Å²) in [6.07, 6.45) is 0. The first-order valence-electron chi connectivity index (χ1n) is 31.4. The molecule has 0 aliphatic carbocycles. The molecule has 0 spiro atoms. The van der Waals surface area contributed by atoms with Crippen LogP contribution in [-0.4, -0.2) is 11.0 Å². The fourth-order valence-corrected chi connectivity index (χ4v) is 21.7. The zero-order valence-corrected chi connectivity index (χ0v) is 64.1. The number of fused-ring (bicyclic) bond motifs is 4. The molecule has 0 saturated heterocycles. The van der Waals surface area contributed by atoms with Gasteiger partial charge >= 0.3 is 199 Å². The second kappa shape index (κ2) is 35.4. The van der Waals surface area contributed by atoms with Gasteiger partial charge in [0.05, 0.1) is 0 Å². The monoisotopic (exact) mass is 1610 g/mol. The Bertz CT molecular complexity index is 4330. The number of hydrogen-bond acceptors (Lipinski definition) is 0. The quantitative estimate of drug-likeness (QED) is 0.105. The first-order valence-corrected chi connectivity index (χ1v) is 45.2.